The number of carbonyl (C=O) groups is 1. The number of hydrogen-bond acceptors (Lipinski definition) is 3. The molecule has 2 atom stereocenters. The Balaban J connectivity index is 0.00000260. The van der Waals surface area contributed by atoms with Crippen LogP contribution in [0.3, 0.4) is 0 Å². The number of carboxylic acids is 1. The third kappa shape index (κ3) is 12.1. The average Bonchev–Trinajstić information content (AvgIpc) is 3.21. The Hall–Kier alpha value is -4.49. The van der Waals surface area contributed by atoms with Gasteiger partial charge in [0.1, 0.15) is 0 Å². The lowest BCUT2D eigenvalue weighted by Gasteiger charge is -2.14. The second-order valence-electron chi connectivity index (χ2n) is 9.23. The molecule has 2 aromatic rings. The van der Waals surface area contributed by atoms with Gasteiger partial charge >= 0.3 is 5.97 Å². The molecule has 2 unspecified atom stereocenters. The average molecular weight is 521 g/mol. The number of rotatable bonds is 15. The summed E-state index contributed by atoms with van der Waals surface area (Å²) in [5.41, 5.74) is 5.78. The Labute approximate surface area is 234 Å². The van der Waals surface area contributed by atoms with E-state index in [1.807, 2.05) is 36.4 Å². The molecule has 4 heteroatoms. The van der Waals surface area contributed by atoms with Crippen molar-refractivity contribution in [3.63, 3.8) is 0 Å². The van der Waals surface area contributed by atoms with E-state index in [2.05, 4.69) is 97.4 Å². The van der Waals surface area contributed by atoms with Crippen molar-refractivity contribution < 1.29 is 9.90 Å². The molecule has 0 bridgehead atoms. The van der Waals surface area contributed by atoms with E-state index in [-0.39, 0.29) is 12.3 Å². The smallest absolute Gasteiger partial charge is 0.303 e. The summed E-state index contributed by atoms with van der Waals surface area (Å²) in [7, 11) is 0. The molecule has 3 rings (SSSR count). The number of benzene rings is 2. The van der Waals surface area contributed by atoms with E-state index < -0.39 is 5.97 Å². The number of carboxylic acid groups (broad SMARTS) is 1. The zero-order chi connectivity index (χ0) is 28.3. The van der Waals surface area contributed by atoms with E-state index in [4.69, 9.17) is 5.11 Å². The highest BCUT2D eigenvalue weighted by atomic mass is 16.4. The minimum Gasteiger partial charge on any atom is -0.481 e. The summed E-state index contributed by atoms with van der Waals surface area (Å²) in [6.45, 7) is 9.21. The fraction of sp³-hybridized carbons (Fsp3) is 0.229. The van der Waals surface area contributed by atoms with Gasteiger partial charge in [-0.1, -0.05) is 91.6 Å². The highest BCUT2D eigenvalue weighted by molar-refractivity contribution is 5.67. The normalized spacial score (nSPS) is 14.8. The number of allylic oxidation sites excluding steroid dienone is 7. The van der Waals surface area contributed by atoms with Crippen molar-refractivity contribution in [1.29, 1.82) is 0 Å². The molecule has 202 valence electrons. The molecule has 0 amide bonds. The summed E-state index contributed by atoms with van der Waals surface area (Å²) in [6.07, 6.45) is 29.5. The van der Waals surface area contributed by atoms with E-state index in [1.54, 1.807) is 6.08 Å². The first-order valence-electron chi connectivity index (χ1n) is 13.2. The van der Waals surface area contributed by atoms with Crippen molar-refractivity contribution >= 4 is 11.7 Å². The van der Waals surface area contributed by atoms with Gasteiger partial charge < -0.3 is 15.7 Å². The Bertz CT molecular complexity index is 1180. The Morgan fingerprint density at radius 2 is 1.62 bits per heavy atom. The Morgan fingerprint density at radius 3 is 2.28 bits per heavy atom. The zero-order valence-corrected chi connectivity index (χ0v) is 22.6. The summed E-state index contributed by atoms with van der Waals surface area (Å²) in [6, 6.07) is 16.8. The van der Waals surface area contributed by atoms with E-state index in [0.717, 1.165) is 42.9 Å². The predicted octanol–water partition coefficient (Wildman–Crippen LogP) is 7.26. The van der Waals surface area contributed by atoms with Gasteiger partial charge in [0.15, 0.2) is 0 Å². The van der Waals surface area contributed by atoms with Crippen LogP contribution in [0.15, 0.2) is 122 Å². The van der Waals surface area contributed by atoms with Gasteiger partial charge in [-0.3, -0.25) is 4.79 Å². The molecule has 0 aliphatic heterocycles. The highest BCUT2D eigenvalue weighted by Crippen LogP contribution is 2.18. The summed E-state index contributed by atoms with van der Waals surface area (Å²) in [5.74, 6) is -0.127. The molecule has 1 aliphatic carbocycles. The summed E-state index contributed by atoms with van der Waals surface area (Å²) >= 11 is 0. The SMILES string of the molecule is C#C.C=CC=CC(C=C)CNC1=CC(CCc2ccc(CNc3ccc(CCC(=O)O)cc3)cc2)C=CC=C1. The van der Waals surface area contributed by atoms with Crippen LogP contribution in [0.2, 0.25) is 0 Å². The Kier molecular flexibility index (Phi) is 14.1. The first kappa shape index (κ1) is 30.7. The minimum atomic E-state index is -0.767. The highest BCUT2D eigenvalue weighted by Gasteiger charge is 2.08. The van der Waals surface area contributed by atoms with E-state index in [1.165, 1.54) is 11.1 Å². The van der Waals surface area contributed by atoms with Gasteiger partial charge in [0, 0.05) is 36.8 Å². The molecular weight excluding hydrogens is 480 g/mol. The lowest BCUT2D eigenvalue weighted by Crippen LogP contribution is -2.19. The summed E-state index contributed by atoms with van der Waals surface area (Å²) < 4.78 is 0. The largest absolute Gasteiger partial charge is 0.481 e. The van der Waals surface area contributed by atoms with Gasteiger partial charge in [-0.2, -0.15) is 0 Å². The predicted molar refractivity (Wildman–Crippen MR) is 165 cm³/mol. The lowest BCUT2D eigenvalue weighted by atomic mass is 9.97. The van der Waals surface area contributed by atoms with Crippen molar-refractivity contribution in [3.8, 4) is 12.8 Å². The van der Waals surface area contributed by atoms with Crippen LogP contribution in [0, 0.1) is 24.7 Å². The maximum atomic E-state index is 10.7. The van der Waals surface area contributed by atoms with Crippen molar-refractivity contribution in [2.45, 2.75) is 32.2 Å². The van der Waals surface area contributed by atoms with Crippen molar-refractivity contribution in [1.82, 2.24) is 5.32 Å². The topological polar surface area (TPSA) is 61.4 Å². The van der Waals surface area contributed by atoms with Crippen LogP contribution < -0.4 is 10.6 Å². The number of nitrogens with one attached hydrogen (secondary N) is 2. The van der Waals surface area contributed by atoms with Gasteiger partial charge in [0.2, 0.25) is 0 Å². The standard InChI is InChI=1S/C33H38N2O2.C2H2/c1-3-5-8-26(4-2)24-35-32-10-7-6-9-29(23-32)14-11-27-12-15-30(16-13-27)25-34-31-20-17-28(18-21-31)19-22-33(36)37;1-2/h3-10,12-13,15-18,20-21,23,26,29,34-35H,1-2,11,14,19,22,24-25H2,(H,36,37);1-2H. The van der Waals surface area contributed by atoms with Crippen LogP contribution in [-0.2, 0) is 24.2 Å². The van der Waals surface area contributed by atoms with Crippen molar-refractivity contribution in [3.05, 3.63) is 139 Å². The third-order valence-electron chi connectivity index (χ3n) is 6.35. The minimum absolute atomic E-state index is 0.159. The molecule has 0 aromatic heterocycles. The van der Waals surface area contributed by atoms with Crippen LogP contribution in [-0.4, -0.2) is 17.6 Å². The molecule has 3 N–H and O–H groups in total. The van der Waals surface area contributed by atoms with Crippen molar-refractivity contribution in [2.75, 3.05) is 11.9 Å². The number of hydrogen-bond donors (Lipinski definition) is 3. The van der Waals surface area contributed by atoms with E-state index in [0.29, 0.717) is 12.3 Å². The second-order valence-corrected chi connectivity index (χ2v) is 9.23. The Morgan fingerprint density at radius 1 is 0.949 bits per heavy atom. The van der Waals surface area contributed by atoms with E-state index in [9.17, 15) is 4.79 Å². The maximum Gasteiger partial charge on any atom is 0.303 e. The fourth-order valence-corrected chi connectivity index (χ4v) is 4.09. The van der Waals surface area contributed by atoms with Gasteiger partial charge in [-0.05, 0) is 60.1 Å². The van der Waals surface area contributed by atoms with Crippen molar-refractivity contribution in [2.24, 2.45) is 11.8 Å². The molecule has 2 aromatic carbocycles. The van der Waals surface area contributed by atoms with E-state index >= 15 is 0 Å². The molecule has 0 saturated carbocycles. The molecule has 39 heavy (non-hydrogen) atoms. The first-order chi connectivity index (χ1) is 19.1. The molecule has 0 spiro atoms. The maximum absolute atomic E-state index is 10.7. The van der Waals surface area contributed by atoms with Crippen LogP contribution in [0.4, 0.5) is 5.69 Å². The molecule has 0 radical (unpaired) electrons. The van der Waals surface area contributed by atoms with Crippen LogP contribution in [0.1, 0.15) is 29.5 Å². The number of terminal acetylenes is 1. The fourth-order valence-electron chi connectivity index (χ4n) is 4.09. The lowest BCUT2D eigenvalue weighted by molar-refractivity contribution is -0.136. The summed E-state index contributed by atoms with van der Waals surface area (Å²) in [4.78, 5) is 10.7. The molecule has 1 aliphatic rings. The monoisotopic (exact) mass is 520 g/mol. The van der Waals surface area contributed by atoms with Gasteiger partial charge in [0.05, 0.1) is 0 Å². The summed E-state index contributed by atoms with van der Waals surface area (Å²) in [5, 5.41) is 15.8. The van der Waals surface area contributed by atoms with Crippen LogP contribution in [0.25, 0.3) is 0 Å². The van der Waals surface area contributed by atoms with Gasteiger partial charge in [0.25, 0.3) is 0 Å². The number of aryl methyl sites for hydroxylation is 2. The molecular formula is C35H40N2O2. The van der Waals surface area contributed by atoms with Crippen LogP contribution >= 0.6 is 0 Å². The first-order valence-corrected chi connectivity index (χ1v) is 13.2. The quantitative estimate of drug-likeness (QED) is 0.131. The second kappa shape index (κ2) is 17.9. The molecule has 0 heterocycles. The van der Waals surface area contributed by atoms with Gasteiger partial charge in [-0.25, -0.2) is 0 Å². The number of aliphatic carboxylic acids is 1. The number of anilines is 1. The van der Waals surface area contributed by atoms with Crippen LogP contribution in [0.5, 0.6) is 0 Å². The zero-order valence-electron chi connectivity index (χ0n) is 22.6. The molecule has 4 nitrogen and oxygen atoms in total. The molecule has 0 saturated heterocycles. The molecule has 0 fully saturated rings. The van der Waals surface area contributed by atoms with Gasteiger partial charge in [-0.15, -0.1) is 19.4 Å². The third-order valence-corrected chi connectivity index (χ3v) is 6.35.